The second-order valence-corrected chi connectivity index (χ2v) is 7.04. The maximum Gasteiger partial charge on any atom is 0.263 e. The summed E-state index contributed by atoms with van der Waals surface area (Å²) in [7, 11) is 3.21. The Bertz CT molecular complexity index is 960. The Kier molecular flexibility index (Phi) is 6.30. The zero-order chi connectivity index (χ0) is 20.1. The molecular formula is C20H20BrN3O4. The van der Waals surface area contributed by atoms with Gasteiger partial charge < -0.3 is 18.9 Å². The third-order valence-corrected chi connectivity index (χ3v) is 4.51. The van der Waals surface area contributed by atoms with E-state index >= 15 is 0 Å². The van der Waals surface area contributed by atoms with Crippen molar-refractivity contribution in [3.63, 3.8) is 0 Å². The van der Waals surface area contributed by atoms with Crippen molar-refractivity contribution >= 4 is 21.8 Å². The van der Waals surface area contributed by atoms with Crippen LogP contribution in [0.1, 0.15) is 12.8 Å². The number of carbonyl (C=O) groups is 1. The first-order valence-electron chi connectivity index (χ1n) is 8.61. The number of carbonyl (C=O) groups excluding carboxylic acids is 1. The molecule has 8 heteroatoms. The van der Waals surface area contributed by atoms with Gasteiger partial charge in [0.25, 0.3) is 5.91 Å². The highest BCUT2D eigenvalue weighted by molar-refractivity contribution is 9.10. The molecule has 0 spiro atoms. The van der Waals surface area contributed by atoms with E-state index in [4.69, 9.17) is 14.0 Å². The summed E-state index contributed by atoms with van der Waals surface area (Å²) < 4.78 is 17.2. The van der Waals surface area contributed by atoms with Crippen LogP contribution in [0.5, 0.6) is 11.5 Å². The largest absolute Gasteiger partial charge is 0.493 e. The first-order chi connectivity index (χ1) is 13.5. The van der Waals surface area contributed by atoms with Gasteiger partial charge in [-0.15, -0.1) is 0 Å². The minimum Gasteiger partial charge on any atom is -0.493 e. The number of ether oxygens (including phenoxy) is 2. The number of benzene rings is 2. The van der Waals surface area contributed by atoms with Gasteiger partial charge in [0.2, 0.25) is 11.7 Å². The minimum absolute atomic E-state index is 0.180. The summed E-state index contributed by atoms with van der Waals surface area (Å²) in [4.78, 5) is 18.5. The molecule has 1 atom stereocenters. The fraction of sp³-hybridized carbons (Fsp3) is 0.250. The van der Waals surface area contributed by atoms with Crippen LogP contribution >= 0.6 is 15.9 Å². The van der Waals surface area contributed by atoms with Gasteiger partial charge in [0, 0.05) is 17.1 Å². The first-order valence-corrected chi connectivity index (χ1v) is 9.40. The molecule has 28 heavy (non-hydrogen) atoms. The van der Waals surface area contributed by atoms with E-state index in [2.05, 4.69) is 26.1 Å². The van der Waals surface area contributed by atoms with E-state index in [9.17, 15) is 4.79 Å². The molecule has 0 aliphatic carbocycles. The Morgan fingerprint density at radius 1 is 1.21 bits per heavy atom. The van der Waals surface area contributed by atoms with Crippen molar-refractivity contribution in [1.29, 1.82) is 0 Å². The van der Waals surface area contributed by atoms with Gasteiger partial charge in [0.15, 0.2) is 17.6 Å². The summed E-state index contributed by atoms with van der Waals surface area (Å²) in [5, 5.41) is 3.98. The van der Waals surface area contributed by atoms with Gasteiger partial charge in [-0.3, -0.25) is 4.79 Å². The van der Waals surface area contributed by atoms with E-state index in [1.165, 1.54) is 4.90 Å². The summed E-state index contributed by atoms with van der Waals surface area (Å²) in [6.07, 6.45) is -0.700. The molecule has 0 bridgehead atoms. The van der Waals surface area contributed by atoms with Crippen molar-refractivity contribution < 1.29 is 18.8 Å². The summed E-state index contributed by atoms with van der Waals surface area (Å²) >= 11 is 3.42. The van der Waals surface area contributed by atoms with Crippen molar-refractivity contribution in [2.75, 3.05) is 14.2 Å². The van der Waals surface area contributed by atoms with Gasteiger partial charge >= 0.3 is 0 Å². The van der Waals surface area contributed by atoms with Crippen LogP contribution in [-0.4, -0.2) is 41.2 Å². The molecule has 1 unspecified atom stereocenters. The number of hydrogen-bond donors (Lipinski definition) is 0. The molecule has 0 saturated heterocycles. The van der Waals surface area contributed by atoms with E-state index in [-0.39, 0.29) is 12.5 Å². The van der Waals surface area contributed by atoms with Crippen molar-refractivity contribution in [3.8, 4) is 22.9 Å². The monoisotopic (exact) mass is 445 g/mol. The van der Waals surface area contributed by atoms with Crippen molar-refractivity contribution in [2.24, 2.45) is 0 Å². The second kappa shape index (κ2) is 8.88. The van der Waals surface area contributed by atoms with E-state index in [0.717, 1.165) is 10.0 Å². The lowest BCUT2D eigenvalue weighted by atomic mass is 10.2. The molecule has 0 N–H and O–H groups in total. The lowest BCUT2D eigenvalue weighted by Gasteiger charge is -2.21. The number of rotatable bonds is 7. The number of likely N-dealkylation sites (N-methyl/N-ethyl adjacent to an activating group) is 1. The highest BCUT2D eigenvalue weighted by atomic mass is 79.9. The molecule has 1 aromatic heterocycles. The van der Waals surface area contributed by atoms with Crippen LogP contribution in [0.4, 0.5) is 0 Å². The third-order valence-electron chi connectivity index (χ3n) is 4.02. The third kappa shape index (κ3) is 4.69. The summed E-state index contributed by atoms with van der Waals surface area (Å²) in [6.45, 7) is 1.87. The van der Waals surface area contributed by atoms with Gasteiger partial charge in [-0.25, -0.2) is 0 Å². The van der Waals surface area contributed by atoms with E-state index in [1.807, 2.05) is 36.4 Å². The fourth-order valence-electron chi connectivity index (χ4n) is 2.61. The maximum atomic E-state index is 12.6. The molecule has 3 aromatic rings. The highest BCUT2D eigenvalue weighted by Gasteiger charge is 2.22. The zero-order valence-corrected chi connectivity index (χ0v) is 17.3. The zero-order valence-electron chi connectivity index (χ0n) is 15.8. The quantitative estimate of drug-likeness (QED) is 0.548. The normalized spacial score (nSPS) is 11.7. The molecule has 1 amide bonds. The predicted octanol–water partition coefficient (Wildman–Crippen LogP) is 3.93. The van der Waals surface area contributed by atoms with Crippen molar-refractivity contribution in [3.05, 3.63) is 58.9 Å². The number of aromatic nitrogens is 2. The maximum absolute atomic E-state index is 12.6. The molecule has 0 aliphatic heterocycles. The van der Waals surface area contributed by atoms with Crippen molar-refractivity contribution in [1.82, 2.24) is 15.0 Å². The van der Waals surface area contributed by atoms with Crippen molar-refractivity contribution in [2.45, 2.75) is 19.6 Å². The summed E-state index contributed by atoms with van der Waals surface area (Å²) in [5.41, 5.74) is 0.825. The van der Waals surface area contributed by atoms with Crippen LogP contribution in [0.15, 0.2) is 57.5 Å². The molecule has 0 saturated carbocycles. The number of methoxy groups -OCH3 is 1. The summed E-state index contributed by atoms with van der Waals surface area (Å²) in [5.74, 6) is 1.67. The van der Waals surface area contributed by atoms with Gasteiger partial charge in [-0.05, 0) is 31.2 Å². The van der Waals surface area contributed by atoms with Gasteiger partial charge in [-0.2, -0.15) is 4.98 Å². The van der Waals surface area contributed by atoms with Crippen LogP contribution in [0.25, 0.3) is 11.4 Å². The molecule has 0 aliphatic rings. The molecule has 0 radical (unpaired) electrons. The number of halogens is 1. The average Bonchev–Trinajstić information content (AvgIpc) is 3.16. The number of hydrogen-bond acceptors (Lipinski definition) is 6. The molecule has 2 aromatic carbocycles. The van der Waals surface area contributed by atoms with Crippen LogP contribution in [0, 0.1) is 0 Å². The molecule has 3 rings (SSSR count). The Morgan fingerprint density at radius 3 is 2.68 bits per heavy atom. The number of amides is 1. The Labute approximate surface area is 171 Å². The lowest BCUT2D eigenvalue weighted by Crippen LogP contribution is -2.37. The first kappa shape index (κ1) is 19.9. The number of nitrogens with zero attached hydrogens (tertiary/aromatic N) is 3. The molecule has 7 nitrogen and oxygen atoms in total. The molecule has 0 fully saturated rings. The van der Waals surface area contributed by atoms with Gasteiger partial charge in [0.1, 0.15) is 0 Å². The van der Waals surface area contributed by atoms with Gasteiger partial charge in [0.05, 0.1) is 13.7 Å². The highest BCUT2D eigenvalue weighted by Crippen LogP contribution is 2.27. The van der Waals surface area contributed by atoms with Gasteiger partial charge in [-0.1, -0.05) is 45.4 Å². The van der Waals surface area contributed by atoms with E-state index < -0.39 is 6.10 Å². The second-order valence-electron chi connectivity index (χ2n) is 6.13. The standard InChI is InChI=1S/C20H20BrN3O4/c1-13(27-17-10-5-4-9-16(17)26-3)20(25)24(2)12-18-22-19(23-28-18)14-7-6-8-15(21)11-14/h4-11,13H,12H2,1-3H3. The average molecular weight is 446 g/mol. The van der Waals surface area contributed by atoms with Crippen LogP contribution < -0.4 is 9.47 Å². The Balaban J connectivity index is 1.64. The fourth-order valence-corrected chi connectivity index (χ4v) is 3.01. The summed E-state index contributed by atoms with van der Waals surface area (Å²) in [6, 6.07) is 14.8. The molecule has 146 valence electrons. The Morgan fingerprint density at radius 2 is 1.96 bits per heavy atom. The lowest BCUT2D eigenvalue weighted by molar-refractivity contribution is -0.137. The van der Waals surface area contributed by atoms with Crippen LogP contribution in [-0.2, 0) is 11.3 Å². The van der Waals surface area contributed by atoms with Crippen LogP contribution in [0.3, 0.4) is 0 Å². The Hall–Kier alpha value is -2.87. The van der Waals surface area contributed by atoms with E-state index in [0.29, 0.717) is 23.2 Å². The topological polar surface area (TPSA) is 77.7 Å². The SMILES string of the molecule is COc1ccccc1OC(C)C(=O)N(C)Cc1nc(-c2cccc(Br)c2)no1. The van der Waals surface area contributed by atoms with E-state index in [1.54, 1.807) is 33.2 Å². The smallest absolute Gasteiger partial charge is 0.263 e. The van der Waals surface area contributed by atoms with Crippen LogP contribution in [0.2, 0.25) is 0 Å². The number of para-hydroxylation sites is 2. The molecular weight excluding hydrogens is 426 g/mol. The predicted molar refractivity (Wildman–Crippen MR) is 107 cm³/mol. The molecule has 1 heterocycles. The minimum atomic E-state index is -0.700.